The van der Waals surface area contributed by atoms with Crippen molar-refractivity contribution in [2.75, 3.05) is 27.2 Å². The average Bonchev–Trinajstić information content (AvgIpc) is 2.94. The monoisotopic (exact) mass is 388 g/mol. The second-order valence-electron chi connectivity index (χ2n) is 9.94. The van der Waals surface area contributed by atoms with Crippen molar-refractivity contribution in [1.29, 1.82) is 0 Å². The third kappa shape index (κ3) is 4.09. The van der Waals surface area contributed by atoms with Gasteiger partial charge in [0, 0.05) is 5.41 Å². The molecule has 0 saturated heterocycles. The zero-order valence-electron chi connectivity index (χ0n) is 17.9. The molecule has 5 nitrogen and oxygen atoms in total. The van der Waals surface area contributed by atoms with Gasteiger partial charge in [-0.15, -0.1) is 0 Å². The summed E-state index contributed by atoms with van der Waals surface area (Å²) in [7, 11) is 3.86. The van der Waals surface area contributed by atoms with E-state index in [0.717, 1.165) is 12.8 Å². The van der Waals surface area contributed by atoms with Gasteiger partial charge in [0.05, 0.1) is 27.1 Å². The Kier molecular flexibility index (Phi) is 5.59. The zero-order chi connectivity index (χ0) is 20.6. The lowest BCUT2D eigenvalue weighted by Crippen LogP contribution is -2.46. The lowest BCUT2D eigenvalue weighted by Gasteiger charge is -2.38. The van der Waals surface area contributed by atoms with Crippen LogP contribution in [-0.2, 0) is 14.3 Å². The van der Waals surface area contributed by atoms with E-state index in [2.05, 4.69) is 20.8 Å². The van der Waals surface area contributed by atoms with Crippen LogP contribution in [0.4, 0.5) is 0 Å². The van der Waals surface area contributed by atoms with Crippen LogP contribution in [0.5, 0.6) is 5.75 Å². The van der Waals surface area contributed by atoms with Crippen LogP contribution in [0, 0.1) is 16.7 Å². The van der Waals surface area contributed by atoms with Gasteiger partial charge in [-0.1, -0.05) is 39.0 Å². The highest BCUT2D eigenvalue weighted by Gasteiger charge is 2.62. The third-order valence-electron chi connectivity index (χ3n) is 7.44. The Balaban J connectivity index is 1.47. The summed E-state index contributed by atoms with van der Waals surface area (Å²) >= 11 is 0. The second-order valence-corrected chi connectivity index (χ2v) is 9.94. The Morgan fingerprint density at radius 2 is 1.79 bits per heavy atom. The fourth-order valence-corrected chi connectivity index (χ4v) is 5.00. The minimum Gasteiger partial charge on any atom is -0.462 e. The summed E-state index contributed by atoms with van der Waals surface area (Å²) in [5.74, 6) is 0.735. The molecule has 1 aromatic carbocycles. The number of benzene rings is 1. The maximum atomic E-state index is 12.5. The molecule has 1 aromatic rings. The Labute approximate surface area is 168 Å². The summed E-state index contributed by atoms with van der Waals surface area (Å²) < 4.78 is 11.7. The number of nitrogens with zero attached hydrogens (tertiary/aromatic N) is 1. The average molecular weight is 389 g/mol. The van der Waals surface area contributed by atoms with Crippen molar-refractivity contribution in [3.05, 3.63) is 30.3 Å². The van der Waals surface area contributed by atoms with E-state index >= 15 is 0 Å². The first-order chi connectivity index (χ1) is 13.0. The van der Waals surface area contributed by atoms with Crippen molar-refractivity contribution in [3.8, 4) is 5.75 Å². The minimum atomic E-state index is -0.299. The summed E-state index contributed by atoms with van der Waals surface area (Å²) in [6.45, 7) is 7.66. The maximum Gasteiger partial charge on any atom is 0.367 e. The highest BCUT2D eigenvalue weighted by atomic mass is 16.5. The standard InChI is InChI=1S/C23H34NO4/c1-22(2)17-11-13-23(22,3)19(15-17)28-20(25)12-14-24(4,5)16-21(26)27-18-9-7-6-8-10-18/h6-10,17,19H,11-16H2,1-5H3/q+1/t17-,19+,23-/m1/s1. The number of hydrogen-bond donors (Lipinski definition) is 0. The number of likely N-dealkylation sites (N-methyl/N-ethyl adjacent to an activating group) is 1. The van der Waals surface area contributed by atoms with Crippen LogP contribution in [0.3, 0.4) is 0 Å². The molecule has 2 aliphatic carbocycles. The molecule has 3 atom stereocenters. The first-order valence-corrected chi connectivity index (χ1v) is 10.3. The highest BCUT2D eigenvalue weighted by Crippen LogP contribution is 2.66. The molecule has 0 heterocycles. The Morgan fingerprint density at radius 3 is 2.36 bits per heavy atom. The van der Waals surface area contributed by atoms with Crippen LogP contribution in [0.25, 0.3) is 0 Å². The number of para-hydroxylation sites is 1. The van der Waals surface area contributed by atoms with Crippen LogP contribution >= 0.6 is 0 Å². The number of ether oxygens (including phenoxy) is 2. The van der Waals surface area contributed by atoms with Crippen molar-refractivity contribution in [2.24, 2.45) is 16.7 Å². The van der Waals surface area contributed by atoms with Gasteiger partial charge in [0.1, 0.15) is 11.9 Å². The van der Waals surface area contributed by atoms with E-state index in [4.69, 9.17) is 9.47 Å². The summed E-state index contributed by atoms with van der Waals surface area (Å²) in [6.07, 6.45) is 3.69. The molecule has 2 aliphatic rings. The van der Waals surface area contributed by atoms with E-state index in [0.29, 0.717) is 29.1 Å². The fourth-order valence-electron chi connectivity index (χ4n) is 5.00. The molecule has 0 radical (unpaired) electrons. The Hall–Kier alpha value is -1.88. The van der Waals surface area contributed by atoms with Crippen LogP contribution < -0.4 is 4.74 Å². The van der Waals surface area contributed by atoms with Crippen LogP contribution in [0.1, 0.15) is 46.5 Å². The molecule has 0 unspecified atom stereocenters. The summed E-state index contributed by atoms with van der Waals surface area (Å²) in [5.41, 5.74) is 0.311. The molecule has 28 heavy (non-hydrogen) atoms. The number of quaternary nitrogens is 1. The van der Waals surface area contributed by atoms with Gasteiger partial charge in [0.25, 0.3) is 0 Å². The molecule has 0 N–H and O–H groups in total. The van der Waals surface area contributed by atoms with Gasteiger partial charge in [-0.05, 0) is 42.7 Å². The Morgan fingerprint density at radius 1 is 1.11 bits per heavy atom. The summed E-state index contributed by atoms with van der Waals surface area (Å²) in [6, 6.07) is 9.05. The van der Waals surface area contributed by atoms with Gasteiger partial charge in [-0.2, -0.15) is 0 Å². The van der Waals surface area contributed by atoms with Crippen LogP contribution in [-0.4, -0.2) is 49.7 Å². The quantitative estimate of drug-likeness (QED) is 0.405. The lowest BCUT2D eigenvalue weighted by molar-refractivity contribution is -0.882. The zero-order valence-corrected chi connectivity index (χ0v) is 17.9. The topological polar surface area (TPSA) is 52.6 Å². The van der Waals surface area contributed by atoms with Gasteiger partial charge in [0.2, 0.25) is 0 Å². The summed E-state index contributed by atoms with van der Waals surface area (Å²) in [4.78, 5) is 24.7. The fraction of sp³-hybridized carbons (Fsp3) is 0.652. The maximum absolute atomic E-state index is 12.5. The number of hydrogen-bond acceptors (Lipinski definition) is 4. The molecule has 2 fully saturated rings. The molecule has 0 spiro atoms. The molecule has 154 valence electrons. The molecule has 0 amide bonds. The van der Waals surface area contributed by atoms with Gasteiger partial charge in [0.15, 0.2) is 6.54 Å². The van der Waals surface area contributed by atoms with E-state index < -0.39 is 0 Å². The van der Waals surface area contributed by atoms with Crippen molar-refractivity contribution < 1.29 is 23.5 Å². The number of fused-ring (bicyclic) bond motifs is 2. The van der Waals surface area contributed by atoms with Gasteiger partial charge in [-0.25, -0.2) is 4.79 Å². The molecule has 2 bridgehead atoms. The van der Waals surface area contributed by atoms with Crippen molar-refractivity contribution in [2.45, 2.75) is 52.6 Å². The smallest absolute Gasteiger partial charge is 0.367 e. The van der Waals surface area contributed by atoms with Crippen molar-refractivity contribution >= 4 is 11.9 Å². The van der Waals surface area contributed by atoms with E-state index in [1.54, 1.807) is 12.1 Å². The second kappa shape index (κ2) is 7.51. The number of carbonyl (C=O) groups is 2. The van der Waals surface area contributed by atoms with Gasteiger partial charge in [-0.3, -0.25) is 4.79 Å². The first kappa shape index (κ1) is 20.8. The van der Waals surface area contributed by atoms with Crippen LogP contribution in [0.2, 0.25) is 0 Å². The molecule has 2 saturated carbocycles. The van der Waals surface area contributed by atoms with Crippen molar-refractivity contribution in [1.82, 2.24) is 0 Å². The largest absolute Gasteiger partial charge is 0.462 e. The molecular weight excluding hydrogens is 354 g/mol. The van der Waals surface area contributed by atoms with Gasteiger partial charge < -0.3 is 14.0 Å². The van der Waals surface area contributed by atoms with E-state index in [-0.39, 0.29) is 35.4 Å². The molecule has 3 rings (SSSR count). The van der Waals surface area contributed by atoms with Gasteiger partial charge >= 0.3 is 11.9 Å². The minimum absolute atomic E-state index is 0.0207. The molecule has 0 aliphatic heterocycles. The third-order valence-corrected chi connectivity index (χ3v) is 7.44. The van der Waals surface area contributed by atoms with Crippen molar-refractivity contribution in [3.63, 3.8) is 0 Å². The highest BCUT2D eigenvalue weighted by molar-refractivity contribution is 5.73. The molecule has 0 aromatic heterocycles. The molecule has 5 heteroatoms. The predicted octanol–water partition coefficient (Wildman–Crippen LogP) is 3.82. The molecular formula is C23H34NO4+. The van der Waals surface area contributed by atoms with E-state index in [1.165, 1.54) is 6.42 Å². The first-order valence-electron chi connectivity index (χ1n) is 10.3. The predicted molar refractivity (Wildman–Crippen MR) is 108 cm³/mol. The lowest BCUT2D eigenvalue weighted by atomic mass is 9.70. The SMILES string of the molecule is CC1(C)[C@@H]2CC[C@]1(C)[C@@H](OC(=O)CC[N+](C)(C)CC(=O)Oc1ccccc1)C2. The summed E-state index contributed by atoms with van der Waals surface area (Å²) in [5, 5.41) is 0. The normalized spacial score (nSPS) is 28.2. The Bertz CT molecular complexity index is 727. The van der Waals surface area contributed by atoms with E-state index in [9.17, 15) is 9.59 Å². The van der Waals surface area contributed by atoms with Crippen LogP contribution in [0.15, 0.2) is 30.3 Å². The number of rotatable bonds is 7. The number of esters is 2. The number of carbonyl (C=O) groups excluding carboxylic acids is 2. The van der Waals surface area contributed by atoms with E-state index in [1.807, 2.05) is 32.3 Å².